The molecule has 1 aromatic carbocycles. The van der Waals surface area contributed by atoms with Gasteiger partial charge in [-0.2, -0.15) is 0 Å². The van der Waals surface area contributed by atoms with E-state index in [2.05, 4.69) is 25.3 Å². The van der Waals surface area contributed by atoms with Crippen molar-refractivity contribution in [2.75, 3.05) is 14.1 Å². The molecule has 0 radical (unpaired) electrons. The number of benzene rings is 1. The Bertz CT molecular complexity index is 1870. The molecule has 0 aliphatic heterocycles. The Morgan fingerprint density at radius 3 is 2.60 bits per heavy atom. The first-order valence-corrected chi connectivity index (χ1v) is 13.7. The number of hydrogen-bond donors (Lipinski definition) is 8. The van der Waals surface area contributed by atoms with Crippen LogP contribution in [0.1, 0.15) is 30.3 Å². The van der Waals surface area contributed by atoms with Crippen molar-refractivity contribution in [1.29, 1.82) is 0 Å². The number of amides is 1. The zero-order valence-corrected chi connectivity index (χ0v) is 24.0. The number of aliphatic hydroxyl groups excluding tert-OH is 2. The fourth-order valence-electron chi connectivity index (χ4n) is 6.72. The summed E-state index contributed by atoms with van der Waals surface area (Å²) >= 11 is 5.15. The van der Waals surface area contributed by atoms with E-state index in [-0.39, 0.29) is 34.6 Å². The number of carbonyl (C=O) groups is 3. The molecule has 43 heavy (non-hydrogen) atoms. The Labute approximate surface area is 248 Å². The second kappa shape index (κ2) is 9.54. The highest BCUT2D eigenvalue weighted by atomic mass is 32.1. The van der Waals surface area contributed by atoms with Crippen LogP contribution in [0.3, 0.4) is 0 Å². The van der Waals surface area contributed by atoms with E-state index in [1.165, 1.54) is 50.4 Å². The number of nitrogens with zero attached hydrogens (tertiary/aromatic N) is 3. The molecule has 8 N–H and O–H groups in total. The summed E-state index contributed by atoms with van der Waals surface area (Å²) in [5.41, 5.74) is -5.11. The Balaban J connectivity index is 1.44. The fraction of sp³-hybridized carbons (Fsp3) is 0.357. The van der Waals surface area contributed by atoms with Crippen LogP contribution < -0.4 is 5.32 Å². The Hall–Kier alpha value is -4.44. The number of aromatic amines is 2. The van der Waals surface area contributed by atoms with Crippen molar-refractivity contribution < 1.29 is 39.9 Å². The molecule has 15 heteroatoms. The van der Waals surface area contributed by atoms with Crippen LogP contribution in [0.4, 0.5) is 0 Å². The average Bonchev–Trinajstić information content (AvgIpc) is 3.37. The topological polar surface area (TPSA) is 225 Å². The van der Waals surface area contributed by atoms with E-state index in [0.717, 1.165) is 0 Å². The zero-order chi connectivity index (χ0) is 31.2. The number of aliphatic hydroxyl groups is 4. The lowest BCUT2D eigenvalue weighted by Gasteiger charge is -2.53. The van der Waals surface area contributed by atoms with Gasteiger partial charge in [-0.3, -0.25) is 19.3 Å². The van der Waals surface area contributed by atoms with E-state index in [1.807, 2.05) is 0 Å². The highest BCUT2D eigenvalue weighted by Crippen LogP contribution is 2.57. The molecule has 2 aromatic heterocycles. The number of fused-ring (bicyclic) bond motifs is 4. The number of rotatable bonds is 4. The predicted molar refractivity (Wildman–Crippen MR) is 152 cm³/mol. The molecule has 5 atom stereocenters. The first-order valence-electron chi connectivity index (χ1n) is 13.3. The maximum atomic E-state index is 14.1. The third kappa shape index (κ3) is 3.89. The lowest BCUT2D eigenvalue weighted by Crippen LogP contribution is -2.67. The van der Waals surface area contributed by atoms with E-state index in [4.69, 9.17) is 12.2 Å². The van der Waals surface area contributed by atoms with Gasteiger partial charge in [0.05, 0.1) is 30.1 Å². The van der Waals surface area contributed by atoms with Gasteiger partial charge in [0.2, 0.25) is 5.78 Å². The molecule has 6 rings (SSSR count). The lowest BCUT2D eigenvalue weighted by atomic mass is 9.54. The van der Waals surface area contributed by atoms with E-state index in [9.17, 15) is 39.9 Å². The standard InChI is InChI=1S/C28H28N6O8S/c1-27(41)10-5-4-6-13(35)15(10)20(36)16-11(27)7-12-19(34(2)3)21(37)17(23(39)28(12,42)22(16)38)25(40)29-8-14-32-18-24(33-14)30-9-31-26(18)43/h4-6,9,11-12,19,35-36,39,41-42H,7-8H2,1-3H3,(H,29,40)(H2,30,31,32,33,43)/t11-,12-,19-,27+,28-/m0/s1. The molecular weight excluding hydrogens is 580 g/mol. The molecular formula is C28H28N6O8S. The minimum Gasteiger partial charge on any atom is -0.508 e. The molecule has 0 saturated heterocycles. The van der Waals surface area contributed by atoms with Gasteiger partial charge < -0.3 is 40.8 Å². The molecule has 3 aromatic rings. The number of H-pyrrole nitrogens is 2. The molecule has 3 aliphatic rings. The number of nitrogens with one attached hydrogen (secondary N) is 3. The van der Waals surface area contributed by atoms with Gasteiger partial charge in [0.1, 0.15) is 34.2 Å². The summed E-state index contributed by atoms with van der Waals surface area (Å²) in [6, 6.07) is 2.97. The number of carbonyl (C=O) groups excluding carboxylic acids is 3. The van der Waals surface area contributed by atoms with Crippen LogP contribution in [-0.2, 0) is 26.5 Å². The van der Waals surface area contributed by atoms with Crippen molar-refractivity contribution in [2.24, 2.45) is 11.8 Å². The van der Waals surface area contributed by atoms with Gasteiger partial charge in [0.15, 0.2) is 21.7 Å². The molecule has 14 nitrogen and oxygen atoms in total. The van der Waals surface area contributed by atoms with E-state index >= 15 is 0 Å². The lowest BCUT2D eigenvalue weighted by molar-refractivity contribution is -0.159. The molecule has 0 spiro atoms. The molecule has 0 bridgehead atoms. The zero-order valence-electron chi connectivity index (χ0n) is 23.2. The van der Waals surface area contributed by atoms with Crippen molar-refractivity contribution in [3.05, 3.63) is 63.0 Å². The van der Waals surface area contributed by atoms with Crippen molar-refractivity contribution in [1.82, 2.24) is 30.2 Å². The SMILES string of the molecule is CN(C)[C@@H]1C(=O)C(C(=O)NCc2nc3[nH]cnc(=S)c3[nH]2)=C(O)[C@@]2(O)C(=O)C3=C(O)c4c(O)cccc4[C@@](C)(O)[C@H]3C[C@@H]12. The third-order valence-corrected chi connectivity index (χ3v) is 9.08. The monoisotopic (exact) mass is 608 g/mol. The Morgan fingerprint density at radius 2 is 1.93 bits per heavy atom. The third-order valence-electron chi connectivity index (χ3n) is 8.77. The van der Waals surface area contributed by atoms with Crippen LogP contribution in [0.2, 0.25) is 0 Å². The molecule has 224 valence electrons. The van der Waals surface area contributed by atoms with E-state index in [1.54, 1.807) is 0 Å². The summed E-state index contributed by atoms with van der Waals surface area (Å²) < 4.78 is 0.244. The normalized spacial score (nSPS) is 28.7. The number of ketones is 2. The van der Waals surface area contributed by atoms with Gasteiger partial charge >= 0.3 is 0 Å². The van der Waals surface area contributed by atoms with Gasteiger partial charge in [-0.25, -0.2) is 9.97 Å². The number of phenolic OH excluding ortho intramolecular Hbond substituents is 1. The quantitative estimate of drug-likeness (QED) is 0.152. The van der Waals surface area contributed by atoms with Gasteiger partial charge in [-0.05, 0) is 39.1 Å². The largest absolute Gasteiger partial charge is 0.508 e. The molecule has 1 fully saturated rings. The number of hydrogen-bond acceptors (Lipinski definition) is 12. The van der Waals surface area contributed by atoms with Crippen LogP contribution in [0, 0.1) is 16.5 Å². The first kappa shape index (κ1) is 28.7. The molecule has 1 saturated carbocycles. The maximum absolute atomic E-state index is 14.1. The van der Waals surface area contributed by atoms with Crippen LogP contribution in [-0.4, -0.2) is 93.6 Å². The van der Waals surface area contributed by atoms with Crippen LogP contribution in [0.5, 0.6) is 5.75 Å². The summed E-state index contributed by atoms with van der Waals surface area (Å²) in [7, 11) is 3.04. The van der Waals surface area contributed by atoms with Crippen molar-refractivity contribution in [2.45, 2.75) is 37.1 Å². The Kier molecular flexibility index (Phi) is 6.36. The summed E-state index contributed by atoms with van der Waals surface area (Å²) in [6.45, 7) is 1.17. The number of Topliss-reactive ketones (excluding diaryl/α,β-unsaturated/α-hetero) is 2. The van der Waals surface area contributed by atoms with Crippen LogP contribution in [0.25, 0.3) is 16.9 Å². The number of aromatic nitrogens is 4. The number of imidazole rings is 1. The van der Waals surface area contributed by atoms with Gasteiger partial charge in [-0.15, -0.1) is 0 Å². The second-order valence-corrected chi connectivity index (χ2v) is 11.8. The van der Waals surface area contributed by atoms with Crippen molar-refractivity contribution >= 4 is 46.6 Å². The van der Waals surface area contributed by atoms with Gasteiger partial charge in [-0.1, -0.05) is 24.4 Å². The fourth-order valence-corrected chi connectivity index (χ4v) is 6.92. The number of phenols is 1. The Morgan fingerprint density at radius 1 is 1.21 bits per heavy atom. The van der Waals surface area contributed by atoms with Crippen molar-refractivity contribution in [3.8, 4) is 5.75 Å². The van der Waals surface area contributed by atoms with Crippen molar-refractivity contribution in [3.63, 3.8) is 0 Å². The van der Waals surface area contributed by atoms with Gasteiger partial charge in [0.25, 0.3) is 5.91 Å². The highest BCUT2D eigenvalue weighted by molar-refractivity contribution is 7.71. The van der Waals surface area contributed by atoms with Crippen LogP contribution in [0.15, 0.2) is 41.4 Å². The summed E-state index contributed by atoms with van der Waals surface area (Å²) in [4.78, 5) is 56.7. The minimum atomic E-state index is -2.81. The molecule has 1 amide bonds. The molecule has 0 unspecified atom stereocenters. The predicted octanol–water partition coefficient (Wildman–Crippen LogP) is 0.789. The highest BCUT2D eigenvalue weighted by Gasteiger charge is 2.66. The first-order chi connectivity index (χ1) is 20.2. The van der Waals surface area contributed by atoms with E-state index < -0.39 is 75.0 Å². The van der Waals surface area contributed by atoms with E-state index in [0.29, 0.717) is 11.2 Å². The number of likely N-dealkylation sites (N-methyl/N-ethyl adjacent to an activating group) is 1. The number of aromatic hydroxyl groups is 1. The van der Waals surface area contributed by atoms with Crippen LogP contribution >= 0.6 is 12.2 Å². The summed E-state index contributed by atoms with van der Waals surface area (Å²) in [6.07, 6.45) is 1.13. The molecule has 2 heterocycles. The average molecular weight is 609 g/mol. The maximum Gasteiger partial charge on any atom is 0.258 e. The second-order valence-electron chi connectivity index (χ2n) is 11.4. The molecule has 3 aliphatic carbocycles. The smallest absolute Gasteiger partial charge is 0.258 e. The summed E-state index contributed by atoms with van der Waals surface area (Å²) in [5, 5.41) is 59.2. The minimum absolute atomic E-state index is 0.155. The van der Waals surface area contributed by atoms with Gasteiger partial charge in [0, 0.05) is 17.4 Å². The summed E-state index contributed by atoms with van der Waals surface area (Å²) in [5.74, 6) is -7.54.